The van der Waals surface area contributed by atoms with Gasteiger partial charge in [0.15, 0.2) is 5.82 Å². The molecule has 0 aliphatic rings. The molecule has 0 saturated carbocycles. The first kappa shape index (κ1) is 13.7. The highest BCUT2D eigenvalue weighted by atomic mass is 16.1. The second-order valence-electron chi connectivity index (χ2n) is 3.91. The van der Waals surface area contributed by atoms with E-state index in [4.69, 9.17) is 0 Å². The predicted octanol–water partition coefficient (Wildman–Crippen LogP) is 1.06. The predicted molar refractivity (Wildman–Crippen MR) is 70.4 cm³/mol. The third-order valence-corrected chi connectivity index (χ3v) is 2.45. The van der Waals surface area contributed by atoms with Gasteiger partial charge in [0.2, 0.25) is 0 Å². The van der Waals surface area contributed by atoms with Crippen molar-refractivity contribution in [2.24, 2.45) is 0 Å². The molecule has 0 unspecified atom stereocenters. The van der Waals surface area contributed by atoms with E-state index in [2.05, 4.69) is 29.5 Å². The maximum Gasteiger partial charge on any atom is 0.293 e. The van der Waals surface area contributed by atoms with Crippen LogP contribution in [0, 0.1) is 0 Å². The van der Waals surface area contributed by atoms with Gasteiger partial charge < -0.3 is 15.2 Å². The zero-order chi connectivity index (χ0) is 12.5. The summed E-state index contributed by atoms with van der Waals surface area (Å²) in [5, 5.41) is 6.32. The highest BCUT2D eigenvalue weighted by Gasteiger charge is 2.02. The topological polar surface area (TPSA) is 59.0 Å². The van der Waals surface area contributed by atoms with Gasteiger partial charge >= 0.3 is 0 Å². The quantitative estimate of drug-likeness (QED) is 0.665. The van der Waals surface area contributed by atoms with Crippen LogP contribution in [0.25, 0.3) is 0 Å². The van der Waals surface area contributed by atoms with Gasteiger partial charge in [-0.15, -0.1) is 0 Å². The van der Waals surface area contributed by atoms with Crippen molar-refractivity contribution >= 4 is 5.82 Å². The third-order valence-electron chi connectivity index (χ3n) is 2.45. The summed E-state index contributed by atoms with van der Waals surface area (Å²) in [4.78, 5) is 16.0. The van der Waals surface area contributed by atoms with E-state index < -0.39 is 0 Å². The van der Waals surface area contributed by atoms with Crippen molar-refractivity contribution in [2.75, 3.05) is 25.0 Å². The maximum absolute atomic E-state index is 11.9. The van der Waals surface area contributed by atoms with Crippen LogP contribution in [0.3, 0.4) is 0 Å². The monoisotopic (exact) mass is 238 g/mol. The van der Waals surface area contributed by atoms with Gasteiger partial charge in [-0.25, -0.2) is 4.98 Å². The fraction of sp³-hybridized carbons (Fsp3) is 0.667. The van der Waals surface area contributed by atoms with E-state index >= 15 is 0 Å². The van der Waals surface area contributed by atoms with Crippen LogP contribution in [-0.4, -0.2) is 29.2 Å². The van der Waals surface area contributed by atoms with E-state index in [1.54, 1.807) is 17.0 Å². The summed E-state index contributed by atoms with van der Waals surface area (Å²) >= 11 is 0. The van der Waals surface area contributed by atoms with Gasteiger partial charge in [-0.3, -0.25) is 4.79 Å². The zero-order valence-electron chi connectivity index (χ0n) is 10.7. The van der Waals surface area contributed by atoms with Gasteiger partial charge in [0.05, 0.1) is 0 Å². The van der Waals surface area contributed by atoms with Crippen LogP contribution in [0.4, 0.5) is 5.82 Å². The molecule has 0 amide bonds. The summed E-state index contributed by atoms with van der Waals surface area (Å²) in [6.45, 7) is 7.58. The molecular formula is C12H22N4O. The van der Waals surface area contributed by atoms with E-state index in [-0.39, 0.29) is 5.56 Å². The Bertz CT molecular complexity index is 375. The molecule has 0 fully saturated rings. The Morgan fingerprint density at radius 3 is 2.88 bits per heavy atom. The van der Waals surface area contributed by atoms with E-state index in [1.807, 2.05) is 0 Å². The summed E-state index contributed by atoms with van der Waals surface area (Å²) in [6, 6.07) is 0. The number of hydrogen-bond acceptors (Lipinski definition) is 4. The lowest BCUT2D eigenvalue weighted by Crippen LogP contribution is -2.25. The van der Waals surface area contributed by atoms with Gasteiger partial charge in [-0.2, -0.15) is 0 Å². The van der Waals surface area contributed by atoms with Crippen LogP contribution in [-0.2, 0) is 6.54 Å². The molecule has 2 N–H and O–H groups in total. The average Bonchev–Trinajstić information content (AvgIpc) is 2.33. The minimum atomic E-state index is -0.0298. The molecule has 1 aromatic rings. The molecule has 96 valence electrons. The van der Waals surface area contributed by atoms with Gasteiger partial charge in [0, 0.05) is 25.5 Å². The molecule has 0 radical (unpaired) electrons. The van der Waals surface area contributed by atoms with Gasteiger partial charge in [0.1, 0.15) is 0 Å². The standard InChI is InChI=1S/C12H22N4O/c1-3-9-16-10-8-15-11(12(16)17)14-7-5-6-13-4-2/h8,10,13H,3-7,9H2,1-2H3,(H,14,15). The SMILES string of the molecule is CCCn1ccnc(NCCCNCC)c1=O. The lowest BCUT2D eigenvalue weighted by Gasteiger charge is -2.08. The van der Waals surface area contributed by atoms with E-state index in [0.717, 1.165) is 39.0 Å². The van der Waals surface area contributed by atoms with Crippen molar-refractivity contribution in [1.82, 2.24) is 14.9 Å². The minimum absolute atomic E-state index is 0.0298. The molecule has 5 heteroatoms. The average molecular weight is 238 g/mol. The zero-order valence-corrected chi connectivity index (χ0v) is 10.7. The van der Waals surface area contributed by atoms with Crippen molar-refractivity contribution < 1.29 is 0 Å². The number of rotatable bonds is 8. The number of hydrogen-bond donors (Lipinski definition) is 2. The van der Waals surface area contributed by atoms with Crippen molar-refractivity contribution in [1.29, 1.82) is 0 Å². The van der Waals surface area contributed by atoms with E-state index in [0.29, 0.717) is 5.82 Å². The fourth-order valence-electron chi connectivity index (χ4n) is 1.58. The second kappa shape index (κ2) is 7.84. The van der Waals surface area contributed by atoms with Gasteiger partial charge in [-0.05, 0) is 25.9 Å². The molecule has 17 heavy (non-hydrogen) atoms. The van der Waals surface area contributed by atoms with Gasteiger partial charge in [-0.1, -0.05) is 13.8 Å². The van der Waals surface area contributed by atoms with E-state index in [9.17, 15) is 4.79 Å². The first-order chi connectivity index (χ1) is 8.29. The molecule has 1 aromatic heterocycles. The highest BCUT2D eigenvalue weighted by Crippen LogP contribution is 1.94. The Kier molecular flexibility index (Phi) is 6.32. The summed E-state index contributed by atoms with van der Waals surface area (Å²) < 4.78 is 1.69. The molecular weight excluding hydrogens is 216 g/mol. The Morgan fingerprint density at radius 2 is 2.18 bits per heavy atom. The number of anilines is 1. The fourth-order valence-corrected chi connectivity index (χ4v) is 1.58. The Hall–Kier alpha value is -1.36. The smallest absolute Gasteiger partial charge is 0.293 e. The number of aromatic nitrogens is 2. The summed E-state index contributed by atoms with van der Waals surface area (Å²) in [5.74, 6) is 0.456. The second-order valence-corrected chi connectivity index (χ2v) is 3.91. The van der Waals surface area contributed by atoms with Crippen LogP contribution < -0.4 is 16.2 Å². The van der Waals surface area contributed by atoms with Crippen LogP contribution in [0.5, 0.6) is 0 Å². The summed E-state index contributed by atoms with van der Waals surface area (Å²) in [5.41, 5.74) is -0.0298. The van der Waals surface area contributed by atoms with Crippen molar-refractivity contribution in [3.63, 3.8) is 0 Å². The molecule has 1 rings (SSSR count). The van der Waals surface area contributed by atoms with Crippen LogP contribution in [0.15, 0.2) is 17.2 Å². The summed E-state index contributed by atoms with van der Waals surface area (Å²) in [7, 11) is 0. The lowest BCUT2D eigenvalue weighted by atomic mass is 10.4. The molecule has 0 saturated heterocycles. The maximum atomic E-state index is 11.9. The normalized spacial score (nSPS) is 10.5. The lowest BCUT2D eigenvalue weighted by molar-refractivity contribution is 0.647. The van der Waals surface area contributed by atoms with Crippen molar-refractivity contribution in [2.45, 2.75) is 33.2 Å². The molecule has 0 atom stereocenters. The molecule has 0 spiro atoms. The van der Waals surface area contributed by atoms with Crippen LogP contribution in [0.1, 0.15) is 26.7 Å². The Balaban J connectivity index is 2.48. The molecule has 5 nitrogen and oxygen atoms in total. The third kappa shape index (κ3) is 4.56. The van der Waals surface area contributed by atoms with Crippen LogP contribution in [0.2, 0.25) is 0 Å². The molecule has 0 aromatic carbocycles. The van der Waals surface area contributed by atoms with Crippen LogP contribution >= 0.6 is 0 Å². The highest BCUT2D eigenvalue weighted by molar-refractivity contribution is 5.30. The molecule has 0 bridgehead atoms. The minimum Gasteiger partial charge on any atom is -0.365 e. The van der Waals surface area contributed by atoms with Crippen molar-refractivity contribution in [3.8, 4) is 0 Å². The number of aryl methyl sites for hydroxylation is 1. The number of nitrogens with one attached hydrogen (secondary N) is 2. The summed E-state index contributed by atoms with van der Waals surface area (Å²) in [6.07, 6.45) is 5.33. The molecule has 0 aliphatic carbocycles. The molecule has 1 heterocycles. The Labute approximate surface area is 102 Å². The Morgan fingerprint density at radius 1 is 1.35 bits per heavy atom. The van der Waals surface area contributed by atoms with Gasteiger partial charge in [0.25, 0.3) is 5.56 Å². The number of nitrogens with zero attached hydrogens (tertiary/aromatic N) is 2. The van der Waals surface area contributed by atoms with E-state index in [1.165, 1.54) is 0 Å². The largest absolute Gasteiger partial charge is 0.365 e. The first-order valence-electron chi connectivity index (χ1n) is 6.29. The van der Waals surface area contributed by atoms with Crippen molar-refractivity contribution in [3.05, 3.63) is 22.7 Å². The molecule has 0 aliphatic heterocycles. The first-order valence-corrected chi connectivity index (χ1v) is 6.29.